The number of rotatable bonds is 10. The Bertz CT molecular complexity index is 701. The summed E-state index contributed by atoms with van der Waals surface area (Å²) in [5.74, 6) is 2.28. The first-order chi connectivity index (χ1) is 12.7. The second-order valence-corrected chi connectivity index (χ2v) is 6.89. The molecule has 0 aliphatic carbocycles. The van der Waals surface area contributed by atoms with Crippen LogP contribution < -0.4 is 10.6 Å². The second kappa shape index (κ2) is 11.2. The summed E-state index contributed by atoms with van der Waals surface area (Å²) in [6.07, 6.45) is 9.97. The molecule has 26 heavy (non-hydrogen) atoms. The number of aromatic nitrogens is 4. The molecule has 4 N–H and O–H groups in total. The molecule has 0 aliphatic heterocycles. The third-order valence-electron chi connectivity index (χ3n) is 3.90. The predicted molar refractivity (Wildman–Crippen MR) is 105 cm³/mol. The van der Waals surface area contributed by atoms with Crippen molar-refractivity contribution in [3.05, 3.63) is 35.9 Å². The number of aryl methyl sites for hydroxylation is 2. The van der Waals surface area contributed by atoms with E-state index in [1.807, 2.05) is 19.3 Å². The molecule has 0 spiro atoms. The summed E-state index contributed by atoms with van der Waals surface area (Å²) >= 11 is 1.80. The van der Waals surface area contributed by atoms with E-state index in [1.54, 1.807) is 24.4 Å². The summed E-state index contributed by atoms with van der Waals surface area (Å²) in [6.45, 7) is 4.87. The molecular weight excluding hydrogens is 348 g/mol. The van der Waals surface area contributed by atoms with Crippen LogP contribution in [0.2, 0.25) is 0 Å². The first-order valence-electron chi connectivity index (χ1n) is 8.74. The van der Waals surface area contributed by atoms with E-state index >= 15 is 0 Å². The van der Waals surface area contributed by atoms with Crippen LogP contribution in [-0.4, -0.2) is 44.2 Å². The van der Waals surface area contributed by atoms with Crippen LogP contribution in [0, 0.1) is 18.4 Å². The van der Waals surface area contributed by atoms with Gasteiger partial charge in [-0.05, 0) is 26.2 Å². The molecule has 0 unspecified atom stereocenters. The van der Waals surface area contributed by atoms with Gasteiger partial charge in [-0.1, -0.05) is 6.92 Å². The first-order valence-corrected chi connectivity index (χ1v) is 9.89. The van der Waals surface area contributed by atoms with E-state index in [4.69, 9.17) is 5.26 Å². The van der Waals surface area contributed by atoms with Crippen molar-refractivity contribution in [1.82, 2.24) is 30.6 Å². The zero-order chi connectivity index (χ0) is 18.6. The van der Waals surface area contributed by atoms with Gasteiger partial charge < -0.3 is 15.3 Å². The first kappa shape index (κ1) is 19.8. The number of hydrogen-bond donors (Lipinski definition) is 4. The van der Waals surface area contributed by atoms with Gasteiger partial charge in [-0.3, -0.25) is 5.32 Å². The Kier molecular flexibility index (Phi) is 8.55. The number of imidazole rings is 2. The van der Waals surface area contributed by atoms with E-state index in [9.17, 15) is 0 Å². The predicted octanol–water partition coefficient (Wildman–Crippen LogP) is 2.10. The van der Waals surface area contributed by atoms with Gasteiger partial charge in [0.1, 0.15) is 0 Å². The molecular formula is C17H26N8S. The van der Waals surface area contributed by atoms with Crippen molar-refractivity contribution in [2.75, 3.05) is 12.3 Å². The molecule has 8 nitrogen and oxygen atoms in total. The number of hydrogen-bond acceptors (Lipinski definition) is 5. The molecule has 2 heterocycles. The van der Waals surface area contributed by atoms with Gasteiger partial charge >= 0.3 is 0 Å². The lowest BCUT2D eigenvalue weighted by Gasteiger charge is -2.13. The third kappa shape index (κ3) is 6.80. The molecule has 0 aliphatic rings. The lowest BCUT2D eigenvalue weighted by Crippen LogP contribution is -2.36. The smallest absolute Gasteiger partial charge is 0.205 e. The molecule has 2 rings (SSSR count). The van der Waals surface area contributed by atoms with Crippen molar-refractivity contribution < 1.29 is 0 Å². The number of H-pyrrole nitrogens is 2. The Morgan fingerprint density at radius 2 is 2.31 bits per heavy atom. The van der Waals surface area contributed by atoms with E-state index < -0.39 is 0 Å². The van der Waals surface area contributed by atoms with Gasteiger partial charge in [0.15, 0.2) is 6.19 Å². The van der Waals surface area contributed by atoms with Crippen molar-refractivity contribution in [3.63, 3.8) is 0 Å². The summed E-state index contributed by atoms with van der Waals surface area (Å²) in [6, 6.07) is 0.147. The lowest BCUT2D eigenvalue weighted by atomic mass is 10.2. The maximum absolute atomic E-state index is 8.95. The average Bonchev–Trinajstić information content (AvgIpc) is 3.29. The van der Waals surface area contributed by atoms with Gasteiger partial charge in [-0.25, -0.2) is 15.0 Å². The van der Waals surface area contributed by atoms with Crippen LogP contribution in [0.1, 0.15) is 36.8 Å². The zero-order valence-electron chi connectivity index (χ0n) is 15.2. The molecule has 0 saturated heterocycles. The number of nitrogens with one attached hydrogen (secondary N) is 4. The molecule has 1 atom stereocenters. The Hall–Kier alpha value is -2.47. The minimum Gasteiger partial charge on any atom is -0.356 e. The zero-order valence-corrected chi connectivity index (χ0v) is 16.1. The maximum Gasteiger partial charge on any atom is 0.205 e. The summed E-state index contributed by atoms with van der Waals surface area (Å²) in [5, 5.41) is 14.8. The highest BCUT2D eigenvalue weighted by molar-refractivity contribution is 7.98. The normalized spacial score (nSPS) is 12.6. The van der Waals surface area contributed by atoms with Gasteiger partial charge in [0, 0.05) is 29.9 Å². The van der Waals surface area contributed by atoms with Crippen LogP contribution in [0.4, 0.5) is 0 Å². The molecule has 9 heteroatoms. The standard InChI is InChI=1S/C17H26N8S/c1-3-14(8-26-9-16-13(2)22-12-24-16)25-17(21-10-18)20-6-4-5-15-7-19-11-23-15/h7,11-12,14H,3-6,8-9H2,1-2H3,(H,19,23)(H,22,24)(H2,20,21,25)/t14-/m1/s1. The highest BCUT2D eigenvalue weighted by Crippen LogP contribution is 2.16. The summed E-state index contributed by atoms with van der Waals surface area (Å²) < 4.78 is 0. The van der Waals surface area contributed by atoms with Crippen molar-refractivity contribution in [1.29, 1.82) is 5.26 Å². The second-order valence-electron chi connectivity index (χ2n) is 5.86. The largest absolute Gasteiger partial charge is 0.356 e. The maximum atomic E-state index is 8.95. The minimum absolute atomic E-state index is 0.147. The average molecular weight is 375 g/mol. The molecule has 140 valence electrons. The van der Waals surface area contributed by atoms with E-state index in [1.165, 1.54) is 0 Å². The lowest BCUT2D eigenvalue weighted by molar-refractivity contribution is 0.699. The van der Waals surface area contributed by atoms with Crippen LogP contribution in [0.3, 0.4) is 0 Å². The monoisotopic (exact) mass is 374 g/mol. The highest BCUT2D eigenvalue weighted by atomic mass is 32.2. The Labute approximate surface area is 158 Å². The molecule has 0 aromatic carbocycles. The summed E-state index contributed by atoms with van der Waals surface area (Å²) in [4.78, 5) is 19.2. The number of aromatic amines is 2. The number of nitrogens with zero attached hydrogens (tertiary/aromatic N) is 4. The van der Waals surface area contributed by atoms with Gasteiger partial charge in [0.2, 0.25) is 5.96 Å². The molecule has 0 saturated carbocycles. The number of nitriles is 1. The number of thioether (sulfide) groups is 1. The Balaban J connectivity index is 1.77. The Morgan fingerprint density at radius 1 is 1.42 bits per heavy atom. The van der Waals surface area contributed by atoms with Gasteiger partial charge in [0.05, 0.1) is 30.1 Å². The molecule has 2 aromatic rings. The van der Waals surface area contributed by atoms with Crippen LogP contribution in [-0.2, 0) is 12.2 Å². The van der Waals surface area contributed by atoms with Crippen molar-refractivity contribution >= 4 is 17.7 Å². The quantitative estimate of drug-likeness (QED) is 0.166. The summed E-state index contributed by atoms with van der Waals surface area (Å²) in [7, 11) is 0. The summed E-state index contributed by atoms with van der Waals surface area (Å²) in [5.41, 5.74) is 3.23. The van der Waals surface area contributed by atoms with E-state index in [2.05, 4.69) is 42.5 Å². The van der Waals surface area contributed by atoms with Crippen LogP contribution in [0.15, 0.2) is 23.8 Å². The molecule has 0 radical (unpaired) electrons. The molecule has 0 bridgehead atoms. The third-order valence-corrected chi connectivity index (χ3v) is 5.00. The minimum atomic E-state index is 0.147. The molecule has 2 aromatic heterocycles. The fraction of sp³-hybridized carbons (Fsp3) is 0.529. The van der Waals surface area contributed by atoms with Crippen LogP contribution in [0.25, 0.3) is 0 Å². The molecule has 0 amide bonds. The highest BCUT2D eigenvalue weighted by Gasteiger charge is 2.09. The van der Waals surface area contributed by atoms with E-state index in [0.717, 1.165) is 54.4 Å². The SMILES string of the molecule is CC[C@H](CSCc1nc[nH]c1C)N=C(NC#N)NCCCc1c[nH]cn1. The van der Waals surface area contributed by atoms with Crippen molar-refractivity contribution in [2.24, 2.45) is 4.99 Å². The number of guanidine groups is 1. The van der Waals surface area contributed by atoms with E-state index in [0.29, 0.717) is 5.96 Å². The van der Waals surface area contributed by atoms with Gasteiger partial charge in [-0.15, -0.1) is 0 Å². The topological polar surface area (TPSA) is 118 Å². The molecule has 0 fully saturated rings. The number of aliphatic imine (C=N–C) groups is 1. The van der Waals surface area contributed by atoms with Gasteiger partial charge in [0.25, 0.3) is 0 Å². The fourth-order valence-electron chi connectivity index (χ4n) is 2.33. The Morgan fingerprint density at radius 3 is 2.96 bits per heavy atom. The van der Waals surface area contributed by atoms with Crippen molar-refractivity contribution in [3.8, 4) is 6.19 Å². The van der Waals surface area contributed by atoms with Crippen LogP contribution in [0.5, 0.6) is 0 Å². The fourth-order valence-corrected chi connectivity index (χ4v) is 3.52. The van der Waals surface area contributed by atoms with Crippen molar-refractivity contribution in [2.45, 2.75) is 44.9 Å². The van der Waals surface area contributed by atoms with Gasteiger partial charge in [-0.2, -0.15) is 17.0 Å². The van der Waals surface area contributed by atoms with Crippen LogP contribution >= 0.6 is 11.8 Å². The van der Waals surface area contributed by atoms with E-state index in [-0.39, 0.29) is 6.04 Å².